The number of benzene rings is 1. The van der Waals surface area contributed by atoms with Gasteiger partial charge >= 0.3 is 0 Å². The lowest BCUT2D eigenvalue weighted by atomic mass is 9.83. The van der Waals surface area contributed by atoms with Gasteiger partial charge in [-0.15, -0.1) is 0 Å². The van der Waals surface area contributed by atoms with E-state index in [1.807, 2.05) is 0 Å². The number of hydrogen-bond donors (Lipinski definition) is 1. The van der Waals surface area contributed by atoms with Gasteiger partial charge in [0.1, 0.15) is 0 Å². The first-order chi connectivity index (χ1) is 9.88. The van der Waals surface area contributed by atoms with Crippen LogP contribution in [-0.2, 0) is 6.42 Å². The SMILES string of the molecule is CC(C)C1CNC(C(C)(C)C)CN1CCc1ccccc1. The third-order valence-corrected chi connectivity index (χ3v) is 4.80. The van der Waals surface area contributed by atoms with Gasteiger partial charge in [0.15, 0.2) is 0 Å². The zero-order chi connectivity index (χ0) is 15.5. The number of nitrogens with zero attached hydrogens (tertiary/aromatic N) is 1. The van der Waals surface area contributed by atoms with Crippen molar-refractivity contribution in [2.75, 3.05) is 19.6 Å². The minimum atomic E-state index is 0.326. The molecule has 2 atom stereocenters. The molecule has 0 amide bonds. The molecule has 1 aromatic rings. The zero-order valence-corrected chi connectivity index (χ0v) is 14.4. The lowest BCUT2D eigenvalue weighted by Crippen LogP contribution is -2.61. The van der Waals surface area contributed by atoms with Gasteiger partial charge in [-0.3, -0.25) is 4.90 Å². The van der Waals surface area contributed by atoms with Crippen LogP contribution in [0.1, 0.15) is 40.2 Å². The summed E-state index contributed by atoms with van der Waals surface area (Å²) >= 11 is 0. The zero-order valence-electron chi connectivity index (χ0n) is 14.4. The topological polar surface area (TPSA) is 15.3 Å². The van der Waals surface area contributed by atoms with Crippen LogP contribution in [-0.4, -0.2) is 36.6 Å². The number of hydrogen-bond acceptors (Lipinski definition) is 2. The molecule has 2 heteroatoms. The molecule has 118 valence electrons. The van der Waals surface area contributed by atoms with Crippen LogP contribution in [0.5, 0.6) is 0 Å². The van der Waals surface area contributed by atoms with Gasteiger partial charge in [-0.2, -0.15) is 0 Å². The standard InChI is InChI=1S/C19H32N2/c1-15(2)17-13-20-18(19(3,4)5)14-21(17)12-11-16-9-7-6-8-10-16/h6-10,15,17-18,20H,11-14H2,1-5H3. The van der Waals surface area contributed by atoms with Gasteiger partial charge in [0.05, 0.1) is 0 Å². The lowest BCUT2D eigenvalue weighted by molar-refractivity contribution is 0.0642. The fourth-order valence-electron chi connectivity index (χ4n) is 3.24. The molecule has 1 fully saturated rings. The van der Waals surface area contributed by atoms with E-state index in [1.165, 1.54) is 18.7 Å². The van der Waals surface area contributed by atoms with E-state index in [2.05, 4.69) is 75.2 Å². The van der Waals surface area contributed by atoms with Gasteiger partial charge in [0.25, 0.3) is 0 Å². The van der Waals surface area contributed by atoms with Crippen molar-refractivity contribution in [3.8, 4) is 0 Å². The highest BCUT2D eigenvalue weighted by molar-refractivity contribution is 5.15. The van der Waals surface area contributed by atoms with Crippen molar-refractivity contribution in [3.05, 3.63) is 35.9 Å². The molecule has 0 saturated carbocycles. The third-order valence-electron chi connectivity index (χ3n) is 4.80. The second-order valence-corrected chi connectivity index (χ2v) is 7.87. The summed E-state index contributed by atoms with van der Waals surface area (Å²) in [4.78, 5) is 2.71. The van der Waals surface area contributed by atoms with E-state index < -0.39 is 0 Å². The van der Waals surface area contributed by atoms with Gasteiger partial charge < -0.3 is 5.32 Å². The quantitative estimate of drug-likeness (QED) is 0.911. The van der Waals surface area contributed by atoms with Gasteiger partial charge in [-0.25, -0.2) is 0 Å². The van der Waals surface area contributed by atoms with Crippen molar-refractivity contribution in [3.63, 3.8) is 0 Å². The Morgan fingerprint density at radius 3 is 2.43 bits per heavy atom. The lowest BCUT2D eigenvalue weighted by Gasteiger charge is -2.46. The highest BCUT2D eigenvalue weighted by Crippen LogP contribution is 2.25. The Hall–Kier alpha value is -0.860. The van der Waals surface area contributed by atoms with Crippen LogP contribution in [0, 0.1) is 11.3 Å². The van der Waals surface area contributed by atoms with E-state index in [-0.39, 0.29) is 0 Å². The summed E-state index contributed by atoms with van der Waals surface area (Å²) in [6.07, 6.45) is 1.15. The predicted octanol–water partition coefficient (Wildman–Crippen LogP) is 3.57. The molecule has 0 radical (unpaired) electrons. The van der Waals surface area contributed by atoms with E-state index in [0.29, 0.717) is 23.4 Å². The maximum atomic E-state index is 3.78. The molecule has 21 heavy (non-hydrogen) atoms. The molecule has 1 aliphatic rings. The molecule has 0 spiro atoms. The molecule has 2 rings (SSSR count). The Morgan fingerprint density at radius 1 is 1.19 bits per heavy atom. The van der Waals surface area contributed by atoms with Crippen molar-refractivity contribution in [1.29, 1.82) is 0 Å². The predicted molar refractivity (Wildman–Crippen MR) is 91.6 cm³/mol. The average Bonchev–Trinajstić information content (AvgIpc) is 2.45. The largest absolute Gasteiger partial charge is 0.311 e. The molecule has 1 heterocycles. The molecule has 1 aliphatic heterocycles. The Labute approximate surface area is 130 Å². The van der Waals surface area contributed by atoms with Crippen molar-refractivity contribution >= 4 is 0 Å². The van der Waals surface area contributed by atoms with E-state index in [0.717, 1.165) is 13.0 Å². The highest BCUT2D eigenvalue weighted by Gasteiger charge is 2.34. The second-order valence-electron chi connectivity index (χ2n) is 7.87. The van der Waals surface area contributed by atoms with E-state index >= 15 is 0 Å². The molecular weight excluding hydrogens is 256 g/mol. The molecule has 2 unspecified atom stereocenters. The van der Waals surface area contributed by atoms with Crippen LogP contribution in [0.25, 0.3) is 0 Å². The van der Waals surface area contributed by atoms with Crippen molar-refractivity contribution in [2.45, 2.75) is 53.1 Å². The van der Waals surface area contributed by atoms with Crippen LogP contribution >= 0.6 is 0 Å². The molecule has 0 aromatic heterocycles. The van der Waals surface area contributed by atoms with E-state index in [4.69, 9.17) is 0 Å². The third kappa shape index (κ3) is 4.55. The van der Waals surface area contributed by atoms with Gasteiger partial charge in [-0.1, -0.05) is 65.0 Å². The Kier molecular flexibility index (Phi) is 5.45. The van der Waals surface area contributed by atoms with Crippen LogP contribution < -0.4 is 5.32 Å². The van der Waals surface area contributed by atoms with Crippen LogP contribution in [0.2, 0.25) is 0 Å². The normalized spacial score (nSPS) is 24.5. The summed E-state index contributed by atoms with van der Waals surface area (Å²) in [6.45, 7) is 15.2. The van der Waals surface area contributed by atoms with Gasteiger partial charge in [0.2, 0.25) is 0 Å². The first kappa shape index (κ1) is 16.5. The minimum absolute atomic E-state index is 0.326. The molecule has 1 N–H and O–H groups in total. The monoisotopic (exact) mass is 288 g/mol. The Morgan fingerprint density at radius 2 is 1.86 bits per heavy atom. The summed E-state index contributed by atoms with van der Waals surface area (Å²) in [5.74, 6) is 0.703. The van der Waals surface area contributed by atoms with E-state index in [9.17, 15) is 0 Å². The number of piperazine rings is 1. The molecular formula is C19H32N2. The minimum Gasteiger partial charge on any atom is -0.311 e. The summed E-state index contributed by atoms with van der Waals surface area (Å²) in [6, 6.07) is 12.1. The first-order valence-corrected chi connectivity index (χ1v) is 8.39. The van der Waals surface area contributed by atoms with Crippen molar-refractivity contribution < 1.29 is 0 Å². The van der Waals surface area contributed by atoms with Gasteiger partial charge in [-0.05, 0) is 23.3 Å². The van der Waals surface area contributed by atoms with Crippen molar-refractivity contribution in [1.82, 2.24) is 10.2 Å². The summed E-state index contributed by atoms with van der Waals surface area (Å²) in [5.41, 5.74) is 1.78. The molecule has 0 bridgehead atoms. The summed E-state index contributed by atoms with van der Waals surface area (Å²) in [7, 11) is 0. The maximum absolute atomic E-state index is 3.78. The van der Waals surface area contributed by atoms with Crippen LogP contribution in [0.4, 0.5) is 0 Å². The van der Waals surface area contributed by atoms with Crippen molar-refractivity contribution in [2.24, 2.45) is 11.3 Å². The Balaban J connectivity index is 2.00. The molecule has 1 aromatic carbocycles. The van der Waals surface area contributed by atoms with Crippen LogP contribution in [0.3, 0.4) is 0 Å². The number of rotatable bonds is 4. The smallest absolute Gasteiger partial charge is 0.0244 e. The molecule has 0 aliphatic carbocycles. The summed E-state index contributed by atoms with van der Waals surface area (Å²) < 4.78 is 0. The fourth-order valence-corrected chi connectivity index (χ4v) is 3.24. The maximum Gasteiger partial charge on any atom is 0.0244 e. The molecule has 1 saturated heterocycles. The summed E-state index contributed by atoms with van der Waals surface area (Å²) in [5, 5.41) is 3.78. The van der Waals surface area contributed by atoms with E-state index in [1.54, 1.807) is 0 Å². The first-order valence-electron chi connectivity index (χ1n) is 8.39. The Bertz CT molecular complexity index is 419. The average molecular weight is 288 g/mol. The van der Waals surface area contributed by atoms with Crippen LogP contribution in [0.15, 0.2) is 30.3 Å². The van der Waals surface area contributed by atoms with Gasteiger partial charge in [0, 0.05) is 31.7 Å². The fraction of sp³-hybridized carbons (Fsp3) is 0.684. The molecule has 2 nitrogen and oxygen atoms in total. The number of nitrogens with one attached hydrogen (secondary N) is 1. The highest BCUT2D eigenvalue weighted by atomic mass is 15.2. The second kappa shape index (κ2) is 6.93.